The highest BCUT2D eigenvalue weighted by Gasteiger charge is 2.35. The van der Waals surface area contributed by atoms with Crippen LogP contribution in [0.3, 0.4) is 0 Å². The van der Waals surface area contributed by atoms with Crippen LogP contribution in [0.2, 0.25) is 0 Å². The Morgan fingerprint density at radius 3 is 1.90 bits per heavy atom. The molecule has 0 radical (unpaired) electrons. The highest BCUT2D eigenvalue weighted by atomic mass is 16.2. The lowest BCUT2D eigenvalue weighted by Gasteiger charge is -2.24. The average molecular weight is 269 g/mol. The number of carbonyl (C=O) groups excluding carboxylic acids is 2. The Morgan fingerprint density at radius 1 is 0.900 bits per heavy atom. The SMILES string of the molecule is CC(=C1C(=O)c2ccccc2C1=O)N1CCCCCC1. The van der Waals surface area contributed by atoms with Gasteiger partial charge in [-0.05, 0) is 19.8 Å². The first-order chi connectivity index (χ1) is 9.70. The van der Waals surface area contributed by atoms with Crippen molar-refractivity contribution in [2.24, 2.45) is 0 Å². The number of hydrogen-bond donors (Lipinski definition) is 0. The van der Waals surface area contributed by atoms with Crippen molar-refractivity contribution in [2.75, 3.05) is 13.1 Å². The van der Waals surface area contributed by atoms with Crippen molar-refractivity contribution in [3.63, 3.8) is 0 Å². The maximum absolute atomic E-state index is 12.5. The summed E-state index contributed by atoms with van der Waals surface area (Å²) >= 11 is 0. The van der Waals surface area contributed by atoms with Gasteiger partial charge in [0.25, 0.3) is 0 Å². The van der Waals surface area contributed by atoms with E-state index in [1.165, 1.54) is 12.8 Å². The third-order valence-corrected chi connectivity index (χ3v) is 4.31. The van der Waals surface area contributed by atoms with Crippen LogP contribution in [-0.2, 0) is 0 Å². The second-order valence-corrected chi connectivity index (χ2v) is 5.57. The highest BCUT2D eigenvalue weighted by Crippen LogP contribution is 2.30. The van der Waals surface area contributed by atoms with Gasteiger partial charge in [0, 0.05) is 29.9 Å². The van der Waals surface area contributed by atoms with Crippen molar-refractivity contribution in [1.29, 1.82) is 0 Å². The fourth-order valence-corrected chi connectivity index (χ4v) is 3.14. The van der Waals surface area contributed by atoms with Gasteiger partial charge in [0.05, 0.1) is 5.57 Å². The van der Waals surface area contributed by atoms with Gasteiger partial charge in [-0.15, -0.1) is 0 Å². The lowest BCUT2D eigenvalue weighted by molar-refractivity contribution is 0.0982. The normalized spacial score (nSPS) is 19.1. The molecule has 1 aromatic rings. The summed E-state index contributed by atoms with van der Waals surface area (Å²) < 4.78 is 0. The third kappa shape index (κ3) is 2.07. The minimum Gasteiger partial charge on any atom is -0.374 e. The topological polar surface area (TPSA) is 37.4 Å². The molecule has 1 heterocycles. The third-order valence-electron chi connectivity index (χ3n) is 4.31. The molecule has 0 unspecified atom stereocenters. The summed E-state index contributed by atoms with van der Waals surface area (Å²) in [6.07, 6.45) is 4.75. The Labute approximate surface area is 119 Å². The molecule has 0 bridgehead atoms. The molecule has 1 aliphatic heterocycles. The predicted octanol–water partition coefficient (Wildman–Crippen LogP) is 3.22. The number of carbonyl (C=O) groups is 2. The minimum atomic E-state index is -0.104. The molecule has 2 aliphatic rings. The highest BCUT2D eigenvalue weighted by molar-refractivity contribution is 6.39. The molecule has 1 aromatic carbocycles. The first-order valence-corrected chi connectivity index (χ1v) is 7.34. The zero-order valence-electron chi connectivity index (χ0n) is 11.8. The molecular formula is C17H19NO2. The number of likely N-dealkylation sites (tertiary alicyclic amines) is 1. The van der Waals surface area contributed by atoms with E-state index in [0.29, 0.717) is 16.7 Å². The van der Waals surface area contributed by atoms with Crippen molar-refractivity contribution >= 4 is 11.6 Å². The number of ketones is 2. The van der Waals surface area contributed by atoms with Crippen molar-refractivity contribution < 1.29 is 9.59 Å². The van der Waals surface area contributed by atoms with Gasteiger partial charge < -0.3 is 4.90 Å². The molecule has 20 heavy (non-hydrogen) atoms. The van der Waals surface area contributed by atoms with E-state index < -0.39 is 0 Å². The number of allylic oxidation sites excluding steroid dienone is 2. The van der Waals surface area contributed by atoms with Crippen LogP contribution in [0.15, 0.2) is 35.5 Å². The van der Waals surface area contributed by atoms with Gasteiger partial charge in [0.15, 0.2) is 11.6 Å². The van der Waals surface area contributed by atoms with Crippen LogP contribution < -0.4 is 0 Å². The summed E-state index contributed by atoms with van der Waals surface area (Å²) in [7, 11) is 0. The van der Waals surface area contributed by atoms with Crippen LogP contribution >= 0.6 is 0 Å². The summed E-state index contributed by atoms with van der Waals surface area (Å²) in [5, 5.41) is 0. The van der Waals surface area contributed by atoms with Gasteiger partial charge in [0.1, 0.15) is 0 Å². The number of benzene rings is 1. The Balaban J connectivity index is 1.99. The minimum absolute atomic E-state index is 0.104. The van der Waals surface area contributed by atoms with Crippen LogP contribution in [0.1, 0.15) is 53.3 Å². The largest absolute Gasteiger partial charge is 0.374 e. The number of rotatable bonds is 1. The van der Waals surface area contributed by atoms with Gasteiger partial charge in [-0.25, -0.2) is 0 Å². The number of nitrogens with zero attached hydrogens (tertiary/aromatic N) is 1. The lowest BCUT2D eigenvalue weighted by atomic mass is 10.1. The second kappa shape index (κ2) is 5.23. The fraction of sp³-hybridized carbons (Fsp3) is 0.412. The van der Waals surface area contributed by atoms with E-state index in [9.17, 15) is 9.59 Å². The zero-order valence-corrected chi connectivity index (χ0v) is 11.8. The zero-order chi connectivity index (χ0) is 14.1. The molecule has 0 aromatic heterocycles. The van der Waals surface area contributed by atoms with E-state index >= 15 is 0 Å². The molecule has 3 nitrogen and oxygen atoms in total. The summed E-state index contributed by atoms with van der Waals surface area (Å²) in [5.41, 5.74) is 2.36. The van der Waals surface area contributed by atoms with Crippen LogP contribution in [0.4, 0.5) is 0 Å². The van der Waals surface area contributed by atoms with Crippen LogP contribution in [-0.4, -0.2) is 29.6 Å². The standard InChI is InChI=1S/C17H19NO2/c1-12(18-10-6-2-3-7-11-18)15-16(19)13-8-4-5-9-14(13)17(15)20/h4-5,8-9H,2-3,6-7,10-11H2,1H3. The Hall–Kier alpha value is -1.90. The predicted molar refractivity (Wildman–Crippen MR) is 77.8 cm³/mol. The molecular weight excluding hydrogens is 250 g/mol. The molecule has 0 spiro atoms. The molecule has 0 N–H and O–H groups in total. The second-order valence-electron chi connectivity index (χ2n) is 5.57. The average Bonchev–Trinajstić information content (AvgIpc) is 2.68. The van der Waals surface area contributed by atoms with Gasteiger partial charge in [-0.2, -0.15) is 0 Å². The first-order valence-electron chi connectivity index (χ1n) is 7.34. The fourth-order valence-electron chi connectivity index (χ4n) is 3.14. The number of fused-ring (bicyclic) bond motifs is 1. The van der Waals surface area contributed by atoms with Gasteiger partial charge in [-0.3, -0.25) is 9.59 Å². The monoisotopic (exact) mass is 269 g/mol. The Morgan fingerprint density at radius 2 is 1.40 bits per heavy atom. The van der Waals surface area contributed by atoms with Crippen molar-refractivity contribution in [3.05, 3.63) is 46.7 Å². The molecule has 0 saturated carbocycles. The Bertz CT molecular complexity index is 556. The number of Topliss-reactive ketones (excluding diaryl/α,β-unsaturated/α-hetero) is 2. The quantitative estimate of drug-likeness (QED) is 0.580. The van der Waals surface area contributed by atoms with Gasteiger partial charge in [0.2, 0.25) is 0 Å². The molecule has 3 rings (SSSR count). The van der Waals surface area contributed by atoms with E-state index in [2.05, 4.69) is 4.90 Å². The van der Waals surface area contributed by atoms with Crippen molar-refractivity contribution in [3.8, 4) is 0 Å². The van der Waals surface area contributed by atoms with Crippen LogP contribution in [0.25, 0.3) is 0 Å². The molecule has 1 saturated heterocycles. The molecule has 0 amide bonds. The molecule has 104 valence electrons. The number of hydrogen-bond acceptors (Lipinski definition) is 3. The smallest absolute Gasteiger partial charge is 0.199 e. The summed E-state index contributed by atoms with van der Waals surface area (Å²) in [6, 6.07) is 7.12. The van der Waals surface area contributed by atoms with E-state index in [-0.39, 0.29) is 11.6 Å². The van der Waals surface area contributed by atoms with Crippen molar-refractivity contribution in [1.82, 2.24) is 4.90 Å². The van der Waals surface area contributed by atoms with E-state index in [4.69, 9.17) is 0 Å². The first kappa shape index (κ1) is 13.1. The maximum Gasteiger partial charge on any atom is 0.199 e. The summed E-state index contributed by atoms with van der Waals surface area (Å²) in [4.78, 5) is 27.2. The van der Waals surface area contributed by atoms with Crippen LogP contribution in [0.5, 0.6) is 0 Å². The summed E-state index contributed by atoms with van der Waals surface area (Å²) in [6.45, 7) is 3.82. The Kier molecular flexibility index (Phi) is 3.43. The van der Waals surface area contributed by atoms with Gasteiger partial charge in [-0.1, -0.05) is 37.1 Å². The van der Waals surface area contributed by atoms with Crippen molar-refractivity contribution in [2.45, 2.75) is 32.6 Å². The maximum atomic E-state index is 12.5. The van der Waals surface area contributed by atoms with Gasteiger partial charge >= 0.3 is 0 Å². The molecule has 1 aliphatic carbocycles. The summed E-state index contributed by atoms with van der Waals surface area (Å²) in [5.74, 6) is -0.209. The molecule has 0 atom stereocenters. The van der Waals surface area contributed by atoms with E-state index in [1.807, 2.05) is 19.1 Å². The molecule has 1 fully saturated rings. The van der Waals surface area contributed by atoms with Crippen LogP contribution in [0, 0.1) is 0 Å². The van der Waals surface area contributed by atoms with E-state index in [0.717, 1.165) is 31.6 Å². The lowest BCUT2D eigenvalue weighted by Crippen LogP contribution is -2.25. The van der Waals surface area contributed by atoms with E-state index in [1.54, 1.807) is 12.1 Å². The molecule has 3 heteroatoms.